The molecular weight excluding hydrogens is 467 g/mol. The maximum atomic E-state index is 14.5. The summed E-state index contributed by atoms with van der Waals surface area (Å²) in [4.78, 5) is 35.7. The molecular formula is C27H31FN2O6. The molecule has 0 spiro atoms. The summed E-state index contributed by atoms with van der Waals surface area (Å²) in [6.07, 6.45) is 4.27. The van der Waals surface area contributed by atoms with Gasteiger partial charge < -0.3 is 25.2 Å². The smallest absolute Gasteiger partial charge is 0.306 e. The zero-order valence-electron chi connectivity index (χ0n) is 20.0. The Bertz CT molecular complexity index is 1080. The monoisotopic (exact) mass is 498 g/mol. The van der Waals surface area contributed by atoms with Crippen LogP contribution in [0.25, 0.3) is 0 Å². The maximum Gasteiger partial charge on any atom is 0.306 e. The molecule has 2 saturated carbocycles. The van der Waals surface area contributed by atoms with E-state index in [2.05, 4.69) is 10.6 Å². The lowest BCUT2D eigenvalue weighted by molar-refractivity contribution is -0.143. The van der Waals surface area contributed by atoms with Gasteiger partial charge in [-0.3, -0.25) is 14.4 Å². The van der Waals surface area contributed by atoms with Crippen LogP contribution in [0.5, 0.6) is 11.5 Å². The Morgan fingerprint density at radius 3 is 2.06 bits per heavy atom. The fourth-order valence-electron chi connectivity index (χ4n) is 4.10. The van der Waals surface area contributed by atoms with Crippen LogP contribution >= 0.6 is 0 Å². The van der Waals surface area contributed by atoms with Crippen molar-refractivity contribution in [2.75, 3.05) is 19.7 Å². The van der Waals surface area contributed by atoms with Crippen molar-refractivity contribution in [3.8, 4) is 11.5 Å². The second kappa shape index (κ2) is 11.9. The highest BCUT2D eigenvalue weighted by atomic mass is 19.1. The Morgan fingerprint density at radius 2 is 1.47 bits per heavy atom. The number of carboxylic acids is 1. The molecule has 8 nitrogen and oxygen atoms in total. The molecule has 0 bridgehead atoms. The molecule has 9 heteroatoms. The highest BCUT2D eigenvalue weighted by Crippen LogP contribution is 2.30. The topological polar surface area (TPSA) is 114 Å². The molecule has 0 heterocycles. The fraction of sp³-hybridized carbons (Fsp3) is 0.444. The average Bonchev–Trinajstić information content (AvgIpc) is 3.71. The van der Waals surface area contributed by atoms with Gasteiger partial charge in [0.15, 0.2) is 11.6 Å². The van der Waals surface area contributed by atoms with Gasteiger partial charge in [0, 0.05) is 24.2 Å². The normalized spacial score (nSPS) is 19.2. The van der Waals surface area contributed by atoms with E-state index in [-0.39, 0.29) is 42.3 Å². The quantitative estimate of drug-likeness (QED) is 0.406. The minimum atomic E-state index is -0.808. The number of hydrogen-bond acceptors (Lipinski definition) is 5. The first-order chi connectivity index (χ1) is 17.4. The molecule has 2 aromatic rings. The number of carbonyl (C=O) groups excluding carboxylic acids is 2. The fourth-order valence-corrected chi connectivity index (χ4v) is 4.10. The van der Waals surface area contributed by atoms with E-state index in [1.807, 2.05) is 0 Å². The number of rotatable bonds is 11. The SMILES string of the molecule is O=C(NCCNC(=O)c1ccc(OC2CCC(C(=O)O)CC2)c(F)c1)c1ccc(OCC2CC2)cc1. The number of halogens is 1. The Morgan fingerprint density at radius 1 is 0.861 bits per heavy atom. The molecule has 3 N–H and O–H groups in total. The lowest BCUT2D eigenvalue weighted by Crippen LogP contribution is -2.34. The molecule has 192 valence electrons. The third-order valence-corrected chi connectivity index (χ3v) is 6.51. The number of benzene rings is 2. The number of amides is 2. The largest absolute Gasteiger partial charge is 0.493 e. The van der Waals surface area contributed by atoms with E-state index in [0.717, 1.165) is 11.8 Å². The predicted molar refractivity (Wildman–Crippen MR) is 130 cm³/mol. The molecule has 0 aliphatic heterocycles. The molecule has 0 unspecified atom stereocenters. The summed E-state index contributed by atoms with van der Waals surface area (Å²) in [6.45, 7) is 1.10. The van der Waals surface area contributed by atoms with Gasteiger partial charge in [0.25, 0.3) is 11.8 Å². The summed E-state index contributed by atoms with van der Waals surface area (Å²) >= 11 is 0. The van der Waals surface area contributed by atoms with Gasteiger partial charge in [-0.15, -0.1) is 0 Å². The summed E-state index contributed by atoms with van der Waals surface area (Å²) in [6, 6.07) is 10.9. The molecule has 4 rings (SSSR count). The molecule has 2 aromatic carbocycles. The zero-order valence-corrected chi connectivity index (χ0v) is 20.0. The van der Waals surface area contributed by atoms with E-state index < -0.39 is 17.7 Å². The van der Waals surface area contributed by atoms with Gasteiger partial charge in [-0.25, -0.2) is 4.39 Å². The number of hydrogen-bond donors (Lipinski definition) is 3. The van der Waals surface area contributed by atoms with E-state index in [1.54, 1.807) is 24.3 Å². The van der Waals surface area contributed by atoms with Gasteiger partial charge in [0.2, 0.25) is 0 Å². The van der Waals surface area contributed by atoms with Gasteiger partial charge in [-0.05, 0) is 86.9 Å². The van der Waals surface area contributed by atoms with Crippen molar-refractivity contribution >= 4 is 17.8 Å². The van der Waals surface area contributed by atoms with Crippen molar-refractivity contribution < 1.29 is 33.4 Å². The maximum absolute atomic E-state index is 14.5. The molecule has 0 atom stereocenters. The second-order valence-electron chi connectivity index (χ2n) is 9.37. The van der Waals surface area contributed by atoms with E-state index in [0.29, 0.717) is 43.8 Å². The third kappa shape index (κ3) is 7.19. The lowest BCUT2D eigenvalue weighted by atomic mass is 9.87. The molecule has 0 radical (unpaired) electrons. The van der Waals surface area contributed by atoms with E-state index in [9.17, 15) is 18.8 Å². The molecule has 2 aliphatic carbocycles. The number of ether oxygens (including phenoxy) is 2. The number of carbonyl (C=O) groups is 3. The minimum absolute atomic E-state index is 0.0431. The van der Waals surface area contributed by atoms with Gasteiger partial charge >= 0.3 is 5.97 Å². The van der Waals surface area contributed by atoms with Crippen molar-refractivity contribution in [3.05, 3.63) is 59.4 Å². The first-order valence-electron chi connectivity index (χ1n) is 12.4. The van der Waals surface area contributed by atoms with Gasteiger partial charge in [0.05, 0.1) is 18.6 Å². The molecule has 0 saturated heterocycles. The van der Waals surface area contributed by atoms with Crippen molar-refractivity contribution in [2.24, 2.45) is 11.8 Å². The van der Waals surface area contributed by atoms with Crippen LogP contribution in [0.3, 0.4) is 0 Å². The van der Waals surface area contributed by atoms with Crippen LogP contribution in [0.4, 0.5) is 4.39 Å². The number of nitrogens with one attached hydrogen (secondary N) is 2. The van der Waals surface area contributed by atoms with Crippen LogP contribution in [0, 0.1) is 17.7 Å². The highest BCUT2D eigenvalue weighted by Gasteiger charge is 2.27. The standard InChI is InChI=1S/C27H31FN2O6/c28-23-15-20(7-12-24(23)36-22-10-5-19(6-11-22)27(33)34)26(32)30-14-13-29-25(31)18-3-8-21(9-4-18)35-16-17-1-2-17/h3-4,7-9,12,15,17,19,22H,1-2,5-6,10-11,13-14,16H2,(H,29,31)(H,30,32)(H,33,34). The summed E-state index contributed by atoms with van der Waals surface area (Å²) < 4.78 is 25.9. The Hall–Kier alpha value is -3.62. The first kappa shape index (κ1) is 25.5. The van der Waals surface area contributed by atoms with Crippen molar-refractivity contribution in [3.63, 3.8) is 0 Å². The number of aliphatic carboxylic acids is 1. The molecule has 2 amide bonds. The molecule has 2 aliphatic rings. The summed E-state index contributed by atoms with van der Waals surface area (Å²) in [5.74, 6) is -1.12. The molecule has 2 fully saturated rings. The lowest BCUT2D eigenvalue weighted by Gasteiger charge is -2.27. The average molecular weight is 499 g/mol. The third-order valence-electron chi connectivity index (χ3n) is 6.51. The van der Waals surface area contributed by atoms with Crippen LogP contribution in [-0.4, -0.2) is 48.7 Å². The van der Waals surface area contributed by atoms with Crippen LogP contribution in [0.15, 0.2) is 42.5 Å². The summed E-state index contributed by atoms with van der Waals surface area (Å²) in [5.41, 5.74) is 0.636. The van der Waals surface area contributed by atoms with Crippen molar-refractivity contribution in [1.29, 1.82) is 0 Å². The Labute approximate surface area is 209 Å². The van der Waals surface area contributed by atoms with Crippen LogP contribution in [-0.2, 0) is 4.79 Å². The summed E-state index contributed by atoms with van der Waals surface area (Å²) in [5, 5.41) is 14.5. The van der Waals surface area contributed by atoms with E-state index in [1.165, 1.54) is 25.0 Å². The number of carboxylic acid groups (broad SMARTS) is 1. The minimum Gasteiger partial charge on any atom is -0.493 e. The first-order valence-corrected chi connectivity index (χ1v) is 12.4. The van der Waals surface area contributed by atoms with Crippen molar-refractivity contribution in [2.45, 2.75) is 44.6 Å². The Kier molecular flexibility index (Phi) is 8.40. The van der Waals surface area contributed by atoms with Crippen LogP contribution in [0.2, 0.25) is 0 Å². The van der Waals surface area contributed by atoms with E-state index >= 15 is 0 Å². The summed E-state index contributed by atoms with van der Waals surface area (Å²) in [7, 11) is 0. The zero-order chi connectivity index (χ0) is 25.5. The molecule has 0 aromatic heterocycles. The predicted octanol–water partition coefficient (Wildman–Crippen LogP) is 3.80. The van der Waals surface area contributed by atoms with Crippen molar-refractivity contribution in [1.82, 2.24) is 10.6 Å². The van der Waals surface area contributed by atoms with Gasteiger partial charge in [-0.1, -0.05) is 0 Å². The highest BCUT2D eigenvalue weighted by molar-refractivity contribution is 5.95. The van der Waals surface area contributed by atoms with Crippen LogP contribution in [0.1, 0.15) is 59.2 Å². The molecule has 36 heavy (non-hydrogen) atoms. The van der Waals surface area contributed by atoms with E-state index in [4.69, 9.17) is 14.6 Å². The Balaban J connectivity index is 1.17. The van der Waals surface area contributed by atoms with Crippen LogP contribution < -0.4 is 20.1 Å². The van der Waals surface area contributed by atoms with Gasteiger partial charge in [0.1, 0.15) is 5.75 Å². The van der Waals surface area contributed by atoms with Gasteiger partial charge in [-0.2, -0.15) is 0 Å². The second-order valence-corrected chi connectivity index (χ2v) is 9.37.